The zero-order chi connectivity index (χ0) is 43.3. The first-order chi connectivity index (χ1) is 26.5. The molecule has 5 aromatic rings. The lowest BCUT2D eigenvalue weighted by molar-refractivity contribution is -0.660. The van der Waals surface area contributed by atoms with Crippen molar-refractivity contribution in [3.05, 3.63) is 124 Å². The molecule has 0 amide bonds. The molecule has 4 aromatic carbocycles. The Balaban J connectivity index is 1.82. The van der Waals surface area contributed by atoms with Gasteiger partial charge in [0.2, 0.25) is 19.1 Å². The smallest absolute Gasteiger partial charge is 0.201 e. The van der Waals surface area contributed by atoms with E-state index in [0.717, 1.165) is 5.56 Å². The molecule has 0 spiro atoms. The van der Waals surface area contributed by atoms with E-state index in [-0.39, 0.29) is 33.3 Å². The number of aromatic nitrogens is 1. The predicted octanol–water partition coefficient (Wildman–Crippen LogP) is 4.96. The van der Waals surface area contributed by atoms with Crippen molar-refractivity contribution in [3.63, 3.8) is 0 Å². The highest BCUT2D eigenvalue weighted by Gasteiger charge is 2.41. The first-order valence-electron chi connectivity index (χ1n) is 22.0. The molecule has 0 saturated carbocycles. The largest absolute Gasteiger partial charge is 0.240 e. The Kier molecular flexibility index (Phi) is 4.50. The minimum atomic E-state index is -2.72. The first-order valence-corrected chi connectivity index (χ1v) is 15.0. The maximum Gasteiger partial charge on any atom is 0.240 e. The van der Waals surface area contributed by atoms with E-state index in [1.807, 2.05) is 50.2 Å². The number of aryl methyl sites for hydroxylation is 7. The number of benzene rings is 4. The summed E-state index contributed by atoms with van der Waals surface area (Å²) >= 11 is 0. The summed E-state index contributed by atoms with van der Waals surface area (Å²) in [4.78, 5) is 0. The Morgan fingerprint density at radius 1 is 0.636 bits per heavy atom. The summed E-state index contributed by atoms with van der Waals surface area (Å²) in [5.74, 6) is 0. The van der Waals surface area contributed by atoms with E-state index in [1.165, 1.54) is 24.4 Å². The van der Waals surface area contributed by atoms with Crippen molar-refractivity contribution in [1.29, 1.82) is 0 Å². The number of hydrogen-bond donors (Lipinski definition) is 0. The zero-order valence-electron chi connectivity index (χ0n) is 40.2. The summed E-state index contributed by atoms with van der Waals surface area (Å²) in [6.45, 7) is -3.35. The topological polar surface area (TPSA) is 3.88 Å². The van der Waals surface area contributed by atoms with Gasteiger partial charge in [-0.15, -0.1) is 0 Å². The van der Waals surface area contributed by atoms with Crippen molar-refractivity contribution in [1.82, 2.24) is 0 Å². The van der Waals surface area contributed by atoms with E-state index in [9.17, 15) is 2.74 Å². The molecule has 0 aliphatic carbocycles. The monoisotopic (exact) mass is 588 g/mol. The highest BCUT2D eigenvalue weighted by Crippen LogP contribution is 2.27. The molecule has 0 unspecified atom stereocenters. The number of nitrogens with zero attached hydrogens (tertiary/aromatic N) is 1. The number of fused-ring (bicyclic) bond motifs is 2. The highest BCUT2D eigenvalue weighted by atomic mass is 14.9. The second-order valence-corrected chi connectivity index (χ2v) is 13.1. The molecule has 1 aliphatic rings. The maximum atomic E-state index is 9.23. The summed E-state index contributed by atoms with van der Waals surface area (Å²) in [6, 6.07) is 22.2. The SMILES string of the molecule is [2H]C([2H])([2H])c1c[n+](C)c(-c2cc3c(cc2C)B(c2c(C)cccc2C([2H])([2H])[2H])c2ccccc2B3c2c(C([2H])([2H])[2H])cccc2C([2H])([2H])[2H])cc1C([2H])([2H])C(C)(C)C. The van der Waals surface area contributed by atoms with E-state index in [2.05, 4.69) is 0 Å². The first kappa shape index (κ1) is 17.6. The van der Waals surface area contributed by atoms with E-state index in [0.29, 0.717) is 44.1 Å². The van der Waals surface area contributed by atoms with Gasteiger partial charge in [0.15, 0.2) is 6.20 Å². The van der Waals surface area contributed by atoms with Crippen molar-refractivity contribution in [2.45, 2.75) is 68.4 Å². The number of pyridine rings is 1. The Morgan fingerprint density at radius 3 is 1.70 bits per heavy atom. The van der Waals surface area contributed by atoms with Crippen LogP contribution in [0.25, 0.3) is 11.3 Å². The Morgan fingerprint density at radius 2 is 1.16 bits per heavy atom. The van der Waals surface area contributed by atoms with Gasteiger partial charge in [-0.3, -0.25) is 0 Å². The normalized spacial score (nSPS) is 19.0. The molecule has 0 N–H and O–H groups in total. The fourth-order valence-electron chi connectivity index (χ4n) is 6.88. The van der Waals surface area contributed by atoms with E-state index in [1.54, 1.807) is 56.7 Å². The second kappa shape index (κ2) is 11.3. The average molecular weight is 589 g/mol. The van der Waals surface area contributed by atoms with E-state index in [4.69, 9.17) is 16.4 Å². The minimum Gasteiger partial charge on any atom is -0.201 e. The molecule has 0 bridgehead atoms. The van der Waals surface area contributed by atoms with Crippen LogP contribution in [0, 0.1) is 46.7 Å². The molecule has 0 fully saturated rings. The molecular formula is C41H46B2N+. The van der Waals surface area contributed by atoms with Crippen molar-refractivity contribution in [3.8, 4) is 11.3 Å². The van der Waals surface area contributed by atoms with Gasteiger partial charge in [-0.25, -0.2) is 4.57 Å². The molecule has 0 atom stereocenters. The lowest BCUT2D eigenvalue weighted by atomic mass is 9.20. The van der Waals surface area contributed by atoms with Gasteiger partial charge in [-0.05, 0) is 64.2 Å². The summed E-state index contributed by atoms with van der Waals surface area (Å²) in [5, 5.41) is 0. The summed E-state index contributed by atoms with van der Waals surface area (Å²) in [6.07, 6.45) is -0.666. The molecule has 3 heteroatoms. The average Bonchev–Trinajstić information content (AvgIpc) is 3.08. The number of rotatable bonds is 4. The third-order valence-electron chi connectivity index (χ3n) is 8.74. The maximum absolute atomic E-state index is 9.23. The molecule has 0 saturated heterocycles. The molecule has 1 aromatic heterocycles. The fourth-order valence-corrected chi connectivity index (χ4v) is 6.88. The predicted molar refractivity (Wildman–Crippen MR) is 193 cm³/mol. The van der Waals surface area contributed by atoms with Crippen LogP contribution in [0.1, 0.15) is 78.9 Å². The Labute approximate surface area is 286 Å². The van der Waals surface area contributed by atoms with Crippen LogP contribution in [0.4, 0.5) is 0 Å². The van der Waals surface area contributed by atoms with Gasteiger partial charge in [-0.2, -0.15) is 0 Å². The van der Waals surface area contributed by atoms with Crippen LogP contribution in [0.3, 0.4) is 0 Å². The van der Waals surface area contributed by atoms with Crippen LogP contribution in [0.15, 0.2) is 85.1 Å². The third kappa shape index (κ3) is 5.25. The highest BCUT2D eigenvalue weighted by molar-refractivity contribution is 7.11. The molecule has 6 rings (SSSR count). The Bertz CT molecular complexity index is 2390. The van der Waals surface area contributed by atoms with Crippen LogP contribution in [0.2, 0.25) is 0 Å². The van der Waals surface area contributed by atoms with Gasteiger partial charge in [0.25, 0.3) is 0 Å². The molecule has 220 valence electrons. The standard InChI is InChI=1S/C41H46B2N/c1-26-15-13-16-27(2)39(26)42-34-19-11-12-20-35(34)43(40-28(3)17-14-18-29(40)4)37-23-33(30(5)21-36(37)42)38-22-32(24-41(7,8)9)31(6)25-44(38)10/h11-23,25H,24H2,1-10H3/q+1/i1D3,3D3,4D3,6D3,24D2. The molecule has 2 heterocycles. The lowest BCUT2D eigenvalue weighted by Gasteiger charge is -2.35. The minimum absolute atomic E-state index is 0.00431. The Hall–Kier alpha value is -3.84. The molecular weight excluding hydrogens is 528 g/mol. The van der Waals surface area contributed by atoms with Gasteiger partial charge >= 0.3 is 0 Å². The van der Waals surface area contributed by atoms with E-state index < -0.39 is 52.6 Å². The summed E-state index contributed by atoms with van der Waals surface area (Å²) < 4.78 is 123. The zero-order valence-corrected chi connectivity index (χ0v) is 26.2. The lowest BCUT2D eigenvalue weighted by Crippen LogP contribution is -2.76. The van der Waals surface area contributed by atoms with Gasteiger partial charge in [0.05, 0.1) is 0 Å². The summed E-state index contributed by atoms with van der Waals surface area (Å²) in [7, 11) is 1.68. The van der Waals surface area contributed by atoms with Crippen LogP contribution >= 0.6 is 0 Å². The van der Waals surface area contributed by atoms with E-state index >= 15 is 0 Å². The molecule has 44 heavy (non-hydrogen) atoms. The molecule has 0 radical (unpaired) electrons. The van der Waals surface area contributed by atoms with Crippen molar-refractivity contribution in [2.24, 2.45) is 12.5 Å². The van der Waals surface area contributed by atoms with Gasteiger partial charge < -0.3 is 0 Å². The summed E-state index contributed by atoms with van der Waals surface area (Å²) in [5.41, 5.74) is 4.46. The quantitative estimate of drug-likeness (QED) is 0.203. The second-order valence-electron chi connectivity index (χ2n) is 13.1. The third-order valence-corrected chi connectivity index (χ3v) is 8.74. The van der Waals surface area contributed by atoms with Crippen LogP contribution in [-0.2, 0) is 13.4 Å². The van der Waals surface area contributed by atoms with Crippen molar-refractivity contribution < 1.29 is 23.8 Å². The molecule has 1 nitrogen and oxygen atoms in total. The van der Waals surface area contributed by atoms with Crippen molar-refractivity contribution >= 4 is 46.2 Å². The van der Waals surface area contributed by atoms with Crippen LogP contribution in [-0.4, -0.2) is 13.4 Å². The van der Waals surface area contributed by atoms with Crippen LogP contribution in [0.5, 0.6) is 0 Å². The number of hydrogen-bond acceptors (Lipinski definition) is 0. The van der Waals surface area contributed by atoms with Crippen LogP contribution < -0.4 is 37.3 Å². The van der Waals surface area contributed by atoms with Crippen molar-refractivity contribution in [2.75, 3.05) is 0 Å². The molecule has 1 aliphatic heterocycles. The van der Waals surface area contributed by atoms with Gasteiger partial charge in [0.1, 0.15) is 7.05 Å². The fraction of sp³-hybridized carbons (Fsp3) is 0.293. The van der Waals surface area contributed by atoms with Gasteiger partial charge in [0, 0.05) is 36.4 Å². The van der Waals surface area contributed by atoms with Gasteiger partial charge in [-0.1, -0.05) is 149 Å².